The van der Waals surface area contributed by atoms with Crippen LogP contribution in [0.5, 0.6) is 0 Å². The third-order valence-corrected chi connectivity index (χ3v) is 4.48. The number of rotatable bonds is 5. The second-order valence-electron chi connectivity index (χ2n) is 6.11. The van der Waals surface area contributed by atoms with Gasteiger partial charge in [-0.1, -0.05) is 13.8 Å². The van der Waals surface area contributed by atoms with Gasteiger partial charge < -0.3 is 5.32 Å². The minimum absolute atomic E-state index is 0.171. The zero-order chi connectivity index (χ0) is 15.4. The van der Waals surface area contributed by atoms with Crippen LogP contribution in [0.1, 0.15) is 32.8 Å². The van der Waals surface area contributed by atoms with Gasteiger partial charge in [0.25, 0.3) is 5.69 Å². The molecule has 0 aromatic heterocycles. The van der Waals surface area contributed by atoms with Crippen molar-refractivity contribution in [1.82, 2.24) is 4.90 Å². The van der Waals surface area contributed by atoms with E-state index >= 15 is 0 Å². The van der Waals surface area contributed by atoms with E-state index < -0.39 is 0 Å². The van der Waals surface area contributed by atoms with Crippen LogP contribution in [0.25, 0.3) is 0 Å². The lowest BCUT2D eigenvalue weighted by Gasteiger charge is -2.35. The Balaban J connectivity index is 2.16. The molecule has 1 aliphatic heterocycles. The molecule has 1 heterocycles. The number of hydrogen-bond donors (Lipinski definition) is 1. The fraction of sp³-hybridized carbons (Fsp3) is 0.625. The number of hydrogen-bond acceptors (Lipinski definition) is 4. The average molecular weight is 291 g/mol. The maximum Gasteiger partial charge on any atom is 0.269 e. The molecule has 1 N–H and O–H groups in total. The molecule has 1 fully saturated rings. The Morgan fingerprint density at radius 1 is 1.38 bits per heavy atom. The fourth-order valence-corrected chi connectivity index (χ4v) is 2.92. The molecule has 2 rings (SSSR count). The van der Waals surface area contributed by atoms with Gasteiger partial charge in [0.05, 0.1) is 4.92 Å². The van der Waals surface area contributed by atoms with Gasteiger partial charge in [0, 0.05) is 37.5 Å². The molecule has 21 heavy (non-hydrogen) atoms. The summed E-state index contributed by atoms with van der Waals surface area (Å²) < 4.78 is 0. The van der Waals surface area contributed by atoms with Crippen LogP contribution in [-0.4, -0.2) is 29.5 Å². The Kier molecular flexibility index (Phi) is 5.17. The van der Waals surface area contributed by atoms with Gasteiger partial charge >= 0.3 is 0 Å². The van der Waals surface area contributed by atoms with Crippen LogP contribution in [0.2, 0.25) is 0 Å². The Morgan fingerprint density at radius 3 is 2.76 bits per heavy atom. The summed E-state index contributed by atoms with van der Waals surface area (Å²) in [5, 5.41) is 14.3. The Morgan fingerprint density at radius 2 is 2.14 bits per heavy atom. The highest BCUT2D eigenvalue weighted by molar-refractivity contribution is 5.56. The van der Waals surface area contributed by atoms with Gasteiger partial charge in [0.15, 0.2) is 0 Å². The summed E-state index contributed by atoms with van der Waals surface area (Å²) in [6, 6.07) is 5.11. The molecule has 5 nitrogen and oxygen atoms in total. The summed E-state index contributed by atoms with van der Waals surface area (Å²) in [7, 11) is 0. The molecule has 5 heteroatoms. The van der Waals surface area contributed by atoms with Gasteiger partial charge in [-0.3, -0.25) is 15.0 Å². The zero-order valence-corrected chi connectivity index (χ0v) is 13.1. The number of piperidine rings is 1. The monoisotopic (exact) mass is 291 g/mol. The Bertz CT molecular complexity index is 504. The fourth-order valence-electron chi connectivity index (χ4n) is 2.92. The standard InChI is InChI=1S/C16H25N3O2/c1-4-17-16-6-5-15(19(20)21)9-14(16)11-18-8-7-12(2)13(3)10-18/h5-6,9,12-13,17H,4,7-8,10-11H2,1-3H3. The van der Waals surface area contributed by atoms with E-state index in [1.807, 2.05) is 13.0 Å². The van der Waals surface area contributed by atoms with Crippen LogP contribution in [0, 0.1) is 22.0 Å². The summed E-state index contributed by atoms with van der Waals surface area (Å²) in [4.78, 5) is 13.1. The second-order valence-corrected chi connectivity index (χ2v) is 6.11. The maximum atomic E-state index is 11.0. The van der Waals surface area contributed by atoms with Crippen LogP contribution >= 0.6 is 0 Å². The van der Waals surface area contributed by atoms with Crippen molar-refractivity contribution < 1.29 is 4.92 Å². The lowest BCUT2D eigenvalue weighted by Crippen LogP contribution is -2.38. The van der Waals surface area contributed by atoms with Crippen molar-refractivity contribution >= 4 is 11.4 Å². The molecule has 2 unspecified atom stereocenters. The largest absolute Gasteiger partial charge is 0.385 e. The summed E-state index contributed by atoms with van der Waals surface area (Å²) in [6.07, 6.45) is 1.20. The number of nitrogens with zero attached hydrogens (tertiary/aromatic N) is 2. The molecular weight excluding hydrogens is 266 g/mol. The van der Waals surface area contributed by atoms with E-state index in [1.165, 1.54) is 6.42 Å². The molecule has 0 aliphatic carbocycles. The number of nitro benzene ring substituents is 1. The van der Waals surface area contributed by atoms with Gasteiger partial charge in [0.2, 0.25) is 0 Å². The quantitative estimate of drug-likeness (QED) is 0.666. The molecule has 1 aromatic carbocycles. The SMILES string of the molecule is CCNc1ccc([N+](=O)[O-])cc1CN1CCC(C)C(C)C1. The minimum Gasteiger partial charge on any atom is -0.385 e. The van der Waals surface area contributed by atoms with Crippen LogP contribution in [0.4, 0.5) is 11.4 Å². The first-order valence-electron chi connectivity index (χ1n) is 7.74. The average Bonchev–Trinajstić information content (AvgIpc) is 2.45. The van der Waals surface area contributed by atoms with Gasteiger partial charge in [-0.15, -0.1) is 0 Å². The predicted molar refractivity (Wildman–Crippen MR) is 85.5 cm³/mol. The molecular formula is C16H25N3O2. The molecule has 116 valence electrons. The molecule has 0 spiro atoms. The molecule has 0 saturated carbocycles. The van der Waals surface area contributed by atoms with Gasteiger partial charge in [-0.25, -0.2) is 0 Å². The number of anilines is 1. The summed E-state index contributed by atoms with van der Waals surface area (Å²) in [5.41, 5.74) is 2.20. The zero-order valence-electron chi connectivity index (χ0n) is 13.1. The highest BCUT2D eigenvalue weighted by atomic mass is 16.6. The van der Waals surface area contributed by atoms with E-state index in [0.717, 1.165) is 43.3 Å². The molecule has 0 amide bonds. The minimum atomic E-state index is -0.319. The number of benzene rings is 1. The van der Waals surface area contributed by atoms with E-state index in [2.05, 4.69) is 24.1 Å². The third-order valence-electron chi connectivity index (χ3n) is 4.48. The summed E-state index contributed by atoms with van der Waals surface area (Å²) in [5.74, 6) is 1.44. The van der Waals surface area contributed by atoms with Crippen molar-refractivity contribution in [3.8, 4) is 0 Å². The number of non-ortho nitro benzene ring substituents is 1. The van der Waals surface area contributed by atoms with E-state index in [9.17, 15) is 10.1 Å². The normalized spacial score (nSPS) is 23.0. The van der Waals surface area contributed by atoms with Crippen molar-refractivity contribution in [1.29, 1.82) is 0 Å². The van der Waals surface area contributed by atoms with Gasteiger partial charge in [0.1, 0.15) is 0 Å². The molecule has 1 aliphatic rings. The Hall–Kier alpha value is -1.62. The van der Waals surface area contributed by atoms with Crippen molar-refractivity contribution in [3.05, 3.63) is 33.9 Å². The van der Waals surface area contributed by atoms with Crippen molar-refractivity contribution in [2.24, 2.45) is 11.8 Å². The maximum absolute atomic E-state index is 11.0. The smallest absolute Gasteiger partial charge is 0.269 e. The van der Waals surface area contributed by atoms with Crippen molar-refractivity contribution in [2.75, 3.05) is 25.0 Å². The number of nitro groups is 1. The van der Waals surface area contributed by atoms with Crippen LogP contribution < -0.4 is 5.32 Å². The van der Waals surface area contributed by atoms with Crippen molar-refractivity contribution in [3.63, 3.8) is 0 Å². The van der Waals surface area contributed by atoms with Crippen LogP contribution in [-0.2, 0) is 6.54 Å². The first-order chi connectivity index (χ1) is 10.0. The van der Waals surface area contributed by atoms with E-state index in [-0.39, 0.29) is 10.6 Å². The molecule has 1 saturated heterocycles. The first kappa shape index (κ1) is 15.8. The Labute approximate surface area is 126 Å². The van der Waals surface area contributed by atoms with Crippen molar-refractivity contribution in [2.45, 2.75) is 33.7 Å². The van der Waals surface area contributed by atoms with E-state index in [4.69, 9.17) is 0 Å². The lowest BCUT2D eigenvalue weighted by molar-refractivity contribution is -0.384. The topological polar surface area (TPSA) is 58.4 Å². The molecule has 1 aromatic rings. The third kappa shape index (κ3) is 3.94. The van der Waals surface area contributed by atoms with Crippen LogP contribution in [0.15, 0.2) is 18.2 Å². The number of nitrogens with one attached hydrogen (secondary N) is 1. The molecule has 0 radical (unpaired) electrons. The molecule has 0 bridgehead atoms. The first-order valence-corrected chi connectivity index (χ1v) is 7.74. The number of likely N-dealkylation sites (tertiary alicyclic amines) is 1. The van der Waals surface area contributed by atoms with Crippen LogP contribution in [0.3, 0.4) is 0 Å². The van der Waals surface area contributed by atoms with Gasteiger partial charge in [-0.05, 0) is 43.4 Å². The van der Waals surface area contributed by atoms with Gasteiger partial charge in [-0.2, -0.15) is 0 Å². The summed E-state index contributed by atoms with van der Waals surface area (Å²) in [6.45, 7) is 10.4. The highest BCUT2D eigenvalue weighted by Gasteiger charge is 2.23. The summed E-state index contributed by atoms with van der Waals surface area (Å²) >= 11 is 0. The van der Waals surface area contributed by atoms with E-state index in [1.54, 1.807) is 12.1 Å². The second kappa shape index (κ2) is 6.89. The highest BCUT2D eigenvalue weighted by Crippen LogP contribution is 2.27. The molecule has 2 atom stereocenters. The predicted octanol–water partition coefficient (Wildman–Crippen LogP) is 3.50. The van der Waals surface area contributed by atoms with E-state index in [0.29, 0.717) is 5.92 Å². The lowest BCUT2D eigenvalue weighted by atomic mass is 9.88.